The number of hydrogen-bond acceptors (Lipinski definition) is 5. The number of hydrogen-bond donors (Lipinski definition) is 1. The first-order chi connectivity index (χ1) is 10.2. The highest BCUT2D eigenvalue weighted by Crippen LogP contribution is 2.15. The lowest BCUT2D eigenvalue weighted by Gasteiger charge is -2.35. The van der Waals surface area contributed by atoms with Gasteiger partial charge < -0.3 is 15.1 Å². The van der Waals surface area contributed by atoms with Crippen molar-refractivity contribution in [1.29, 1.82) is 0 Å². The normalized spacial score (nSPS) is 22.6. The lowest BCUT2D eigenvalue weighted by Crippen LogP contribution is -2.50. The van der Waals surface area contributed by atoms with E-state index in [1.165, 1.54) is 6.42 Å². The topological polar surface area (TPSA) is 61.4 Å². The maximum Gasteiger partial charge on any atom is 0.225 e. The first-order valence-corrected chi connectivity index (χ1v) is 8.25. The number of nitrogens with one attached hydrogen (secondary N) is 1. The lowest BCUT2D eigenvalue weighted by molar-refractivity contribution is -0.131. The third-order valence-electron chi connectivity index (χ3n) is 4.11. The molecule has 114 valence electrons. The van der Waals surface area contributed by atoms with E-state index in [2.05, 4.69) is 36.1 Å². The van der Waals surface area contributed by atoms with E-state index in [0.29, 0.717) is 12.5 Å². The van der Waals surface area contributed by atoms with Gasteiger partial charge in [0, 0.05) is 51.0 Å². The highest BCUT2D eigenvalue weighted by Gasteiger charge is 2.25. The van der Waals surface area contributed by atoms with Crippen LogP contribution >= 0.6 is 15.9 Å². The van der Waals surface area contributed by atoms with E-state index in [0.717, 1.165) is 49.6 Å². The minimum absolute atomic E-state index is 0.269. The molecule has 2 saturated heterocycles. The Hall–Kier alpha value is -1.21. The Kier molecular flexibility index (Phi) is 4.70. The van der Waals surface area contributed by atoms with Crippen LogP contribution in [0.3, 0.4) is 0 Å². The number of nitrogens with zero attached hydrogens (tertiary/aromatic N) is 4. The van der Waals surface area contributed by atoms with Gasteiger partial charge in [0.2, 0.25) is 11.9 Å². The van der Waals surface area contributed by atoms with Crippen LogP contribution in [0.1, 0.15) is 19.3 Å². The zero-order valence-electron chi connectivity index (χ0n) is 12.0. The number of halogens is 1. The lowest BCUT2D eigenvalue weighted by atomic mass is 10.1. The van der Waals surface area contributed by atoms with Gasteiger partial charge in [-0.3, -0.25) is 4.79 Å². The molecule has 1 aromatic rings. The van der Waals surface area contributed by atoms with Crippen molar-refractivity contribution < 1.29 is 4.79 Å². The second-order valence-corrected chi connectivity index (χ2v) is 6.48. The van der Waals surface area contributed by atoms with Crippen molar-refractivity contribution in [2.75, 3.05) is 37.6 Å². The third kappa shape index (κ3) is 3.71. The van der Waals surface area contributed by atoms with Gasteiger partial charge in [0.25, 0.3) is 0 Å². The van der Waals surface area contributed by atoms with Crippen molar-refractivity contribution >= 4 is 27.8 Å². The Bertz CT molecular complexity index is 481. The molecule has 2 aliphatic heterocycles. The van der Waals surface area contributed by atoms with E-state index in [9.17, 15) is 4.79 Å². The molecule has 0 bridgehead atoms. The van der Waals surface area contributed by atoms with E-state index in [1.807, 2.05) is 4.90 Å². The van der Waals surface area contributed by atoms with Crippen LogP contribution in [0.25, 0.3) is 0 Å². The number of amides is 1. The molecule has 0 saturated carbocycles. The number of carbonyl (C=O) groups excluding carboxylic acids is 1. The molecule has 3 rings (SSSR count). The fraction of sp³-hybridized carbons (Fsp3) is 0.643. The average molecular weight is 354 g/mol. The number of aromatic nitrogens is 2. The van der Waals surface area contributed by atoms with Crippen LogP contribution in [0.15, 0.2) is 16.9 Å². The molecule has 1 N–H and O–H groups in total. The molecule has 1 aromatic heterocycles. The van der Waals surface area contributed by atoms with Crippen molar-refractivity contribution in [1.82, 2.24) is 20.2 Å². The summed E-state index contributed by atoms with van der Waals surface area (Å²) < 4.78 is 0.879. The smallest absolute Gasteiger partial charge is 0.225 e. The highest BCUT2D eigenvalue weighted by atomic mass is 79.9. The van der Waals surface area contributed by atoms with Crippen LogP contribution in [0, 0.1) is 0 Å². The summed E-state index contributed by atoms with van der Waals surface area (Å²) in [5.74, 6) is 1.01. The van der Waals surface area contributed by atoms with Gasteiger partial charge in [0.1, 0.15) is 0 Å². The van der Waals surface area contributed by atoms with Gasteiger partial charge >= 0.3 is 0 Å². The standard InChI is InChI=1S/C14H20BrN5O/c15-11-9-17-14(18-10-11)20-6-4-19(5-7-20)13(21)8-12-2-1-3-16-12/h9-10,12,16H,1-8H2. The van der Waals surface area contributed by atoms with Crippen LogP contribution in [-0.4, -0.2) is 59.5 Å². The van der Waals surface area contributed by atoms with Crippen molar-refractivity contribution in [3.05, 3.63) is 16.9 Å². The van der Waals surface area contributed by atoms with Crippen LogP contribution in [0.5, 0.6) is 0 Å². The third-order valence-corrected chi connectivity index (χ3v) is 4.51. The molecule has 1 atom stereocenters. The SMILES string of the molecule is O=C(CC1CCCN1)N1CCN(c2ncc(Br)cn2)CC1. The van der Waals surface area contributed by atoms with E-state index in [-0.39, 0.29) is 5.91 Å². The Morgan fingerprint density at radius 1 is 1.29 bits per heavy atom. The van der Waals surface area contributed by atoms with Gasteiger partial charge in [-0.2, -0.15) is 0 Å². The first kappa shape index (κ1) is 14.7. The summed E-state index contributed by atoms with van der Waals surface area (Å²) in [6.07, 6.45) is 6.46. The van der Waals surface area contributed by atoms with Crippen molar-refractivity contribution in [3.63, 3.8) is 0 Å². The Morgan fingerprint density at radius 3 is 2.62 bits per heavy atom. The van der Waals surface area contributed by atoms with E-state index < -0.39 is 0 Å². The fourth-order valence-corrected chi connectivity index (χ4v) is 3.10. The summed E-state index contributed by atoms with van der Waals surface area (Å²) in [7, 11) is 0. The quantitative estimate of drug-likeness (QED) is 0.879. The molecule has 0 aliphatic carbocycles. The van der Waals surface area contributed by atoms with Crippen molar-refractivity contribution in [2.45, 2.75) is 25.3 Å². The molecule has 0 radical (unpaired) electrons. The second kappa shape index (κ2) is 6.70. The summed E-state index contributed by atoms with van der Waals surface area (Å²) in [5, 5.41) is 3.38. The zero-order valence-corrected chi connectivity index (χ0v) is 13.5. The van der Waals surface area contributed by atoms with Crippen molar-refractivity contribution in [2.24, 2.45) is 0 Å². The molecule has 1 unspecified atom stereocenters. The molecule has 6 nitrogen and oxygen atoms in total. The number of carbonyl (C=O) groups is 1. The van der Waals surface area contributed by atoms with E-state index >= 15 is 0 Å². The minimum atomic E-state index is 0.269. The molecular formula is C14H20BrN5O. The fourth-order valence-electron chi connectivity index (χ4n) is 2.90. The Labute approximate surface area is 133 Å². The summed E-state index contributed by atoms with van der Waals surface area (Å²) in [4.78, 5) is 25.0. The number of anilines is 1. The van der Waals surface area contributed by atoms with Gasteiger partial charge in [-0.05, 0) is 35.3 Å². The molecule has 3 heterocycles. The van der Waals surface area contributed by atoms with Crippen LogP contribution < -0.4 is 10.2 Å². The van der Waals surface area contributed by atoms with Gasteiger partial charge in [-0.15, -0.1) is 0 Å². The summed E-state index contributed by atoms with van der Waals surface area (Å²) in [6, 6.07) is 0.380. The Balaban J connectivity index is 1.50. The molecule has 0 spiro atoms. The predicted octanol–water partition coefficient (Wildman–Crippen LogP) is 1.03. The maximum absolute atomic E-state index is 12.3. The first-order valence-electron chi connectivity index (χ1n) is 7.46. The monoisotopic (exact) mass is 353 g/mol. The Morgan fingerprint density at radius 2 is 2.00 bits per heavy atom. The number of piperazine rings is 1. The largest absolute Gasteiger partial charge is 0.339 e. The molecule has 7 heteroatoms. The van der Waals surface area contributed by atoms with Crippen LogP contribution in [-0.2, 0) is 4.79 Å². The summed E-state index contributed by atoms with van der Waals surface area (Å²) >= 11 is 3.34. The number of rotatable bonds is 3. The second-order valence-electron chi connectivity index (χ2n) is 5.57. The predicted molar refractivity (Wildman–Crippen MR) is 84.2 cm³/mol. The van der Waals surface area contributed by atoms with Gasteiger partial charge in [-0.1, -0.05) is 0 Å². The van der Waals surface area contributed by atoms with Gasteiger partial charge in [0.05, 0.1) is 4.47 Å². The van der Waals surface area contributed by atoms with Crippen LogP contribution in [0.2, 0.25) is 0 Å². The zero-order chi connectivity index (χ0) is 14.7. The van der Waals surface area contributed by atoms with Gasteiger partial charge in [-0.25, -0.2) is 9.97 Å². The molecule has 2 fully saturated rings. The molecular weight excluding hydrogens is 334 g/mol. The maximum atomic E-state index is 12.3. The summed E-state index contributed by atoms with van der Waals surface area (Å²) in [5.41, 5.74) is 0. The molecule has 0 aromatic carbocycles. The summed E-state index contributed by atoms with van der Waals surface area (Å²) in [6.45, 7) is 4.15. The molecule has 1 amide bonds. The highest BCUT2D eigenvalue weighted by molar-refractivity contribution is 9.10. The molecule has 2 aliphatic rings. The van der Waals surface area contributed by atoms with E-state index in [1.54, 1.807) is 12.4 Å². The van der Waals surface area contributed by atoms with E-state index in [4.69, 9.17) is 0 Å². The average Bonchev–Trinajstić information content (AvgIpc) is 3.01. The molecule has 21 heavy (non-hydrogen) atoms. The van der Waals surface area contributed by atoms with Gasteiger partial charge in [0.15, 0.2) is 0 Å². The minimum Gasteiger partial charge on any atom is -0.339 e. The van der Waals surface area contributed by atoms with Crippen molar-refractivity contribution in [3.8, 4) is 0 Å². The van der Waals surface area contributed by atoms with Crippen LogP contribution in [0.4, 0.5) is 5.95 Å².